The van der Waals surface area contributed by atoms with Crippen LogP contribution in [-0.2, 0) is 17.8 Å². The minimum Gasteiger partial charge on any atom is -0.496 e. The van der Waals surface area contributed by atoms with Crippen LogP contribution in [0.4, 0.5) is 4.39 Å². The first-order valence-corrected chi connectivity index (χ1v) is 10.1. The van der Waals surface area contributed by atoms with Gasteiger partial charge in [0.25, 0.3) is 5.56 Å². The lowest BCUT2D eigenvalue weighted by Gasteiger charge is -2.11. The van der Waals surface area contributed by atoms with E-state index in [1.807, 2.05) is 18.2 Å². The first-order valence-electron chi connectivity index (χ1n) is 9.67. The van der Waals surface area contributed by atoms with Crippen molar-refractivity contribution in [3.05, 3.63) is 69.0 Å². The zero-order valence-electron chi connectivity index (χ0n) is 16.7. The maximum atomic E-state index is 13.7. The number of nitrogens with one attached hydrogen (secondary N) is 2. The van der Waals surface area contributed by atoms with Crippen LogP contribution in [0.25, 0.3) is 16.7 Å². The summed E-state index contributed by atoms with van der Waals surface area (Å²) < 4.78 is 22.3. The van der Waals surface area contributed by atoms with Crippen molar-refractivity contribution in [2.24, 2.45) is 0 Å². The molecule has 8 nitrogen and oxygen atoms in total. The van der Waals surface area contributed by atoms with Crippen molar-refractivity contribution in [1.82, 2.24) is 24.5 Å². The summed E-state index contributed by atoms with van der Waals surface area (Å²) in [6.07, 6.45) is 0.672. The Labute approximate surface area is 181 Å². The van der Waals surface area contributed by atoms with Gasteiger partial charge in [0.05, 0.1) is 24.4 Å². The Balaban J connectivity index is 1.49. The Kier molecular flexibility index (Phi) is 5.81. The highest BCUT2D eigenvalue weighted by Gasteiger charge is 2.14. The molecule has 0 unspecified atom stereocenters. The van der Waals surface area contributed by atoms with E-state index in [2.05, 4.69) is 15.5 Å². The van der Waals surface area contributed by atoms with Gasteiger partial charge in [-0.3, -0.25) is 18.6 Å². The Morgan fingerprint density at radius 3 is 2.90 bits per heavy atom. The molecule has 10 heteroatoms. The summed E-state index contributed by atoms with van der Waals surface area (Å²) in [5.74, 6) is 0.346. The molecule has 2 aromatic carbocycles. The number of carbonyl (C=O) groups is 1. The zero-order valence-corrected chi connectivity index (χ0v) is 17.5. The number of fused-ring (bicyclic) bond motifs is 3. The molecule has 0 aliphatic carbocycles. The van der Waals surface area contributed by atoms with Crippen molar-refractivity contribution in [1.29, 1.82) is 0 Å². The molecular formula is C21H20FN5O3S. The Morgan fingerprint density at radius 2 is 2.10 bits per heavy atom. The first kappa shape index (κ1) is 20.7. The van der Waals surface area contributed by atoms with E-state index in [0.717, 1.165) is 5.56 Å². The maximum absolute atomic E-state index is 13.7. The number of H-pyrrole nitrogens is 1. The highest BCUT2D eigenvalue weighted by molar-refractivity contribution is 7.71. The molecule has 31 heavy (non-hydrogen) atoms. The number of hydrogen-bond acceptors (Lipinski definition) is 5. The fourth-order valence-corrected chi connectivity index (χ4v) is 3.77. The van der Waals surface area contributed by atoms with Crippen LogP contribution in [0.15, 0.2) is 47.3 Å². The predicted molar refractivity (Wildman–Crippen MR) is 116 cm³/mol. The number of carbonyl (C=O) groups excluding carboxylic acids is 1. The minimum absolute atomic E-state index is 0.149. The quantitative estimate of drug-likeness (QED) is 0.340. The van der Waals surface area contributed by atoms with E-state index in [-0.39, 0.29) is 29.8 Å². The molecule has 0 bridgehead atoms. The van der Waals surface area contributed by atoms with Gasteiger partial charge in [0.15, 0.2) is 0 Å². The summed E-state index contributed by atoms with van der Waals surface area (Å²) in [6.45, 7) is 0.641. The summed E-state index contributed by atoms with van der Waals surface area (Å²) in [5.41, 5.74) is 0.917. The van der Waals surface area contributed by atoms with E-state index in [0.29, 0.717) is 34.8 Å². The number of ether oxygens (including phenoxy) is 1. The summed E-state index contributed by atoms with van der Waals surface area (Å²) in [5, 5.41) is 9.89. The van der Waals surface area contributed by atoms with Gasteiger partial charge in [0.1, 0.15) is 11.6 Å². The lowest BCUT2D eigenvalue weighted by Crippen LogP contribution is -2.29. The lowest BCUT2D eigenvalue weighted by molar-refractivity contribution is -0.120. The van der Waals surface area contributed by atoms with Crippen LogP contribution in [-0.4, -0.2) is 38.7 Å². The van der Waals surface area contributed by atoms with E-state index >= 15 is 0 Å². The maximum Gasteiger partial charge on any atom is 0.262 e. The molecule has 2 heterocycles. The number of para-hydroxylation sites is 1. The van der Waals surface area contributed by atoms with Crippen LogP contribution in [0.2, 0.25) is 0 Å². The van der Waals surface area contributed by atoms with Crippen LogP contribution >= 0.6 is 12.2 Å². The highest BCUT2D eigenvalue weighted by atomic mass is 32.1. The summed E-state index contributed by atoms with van der Waals surface area (Å²) in [4.78, 5) is 25.2. The van der Waals surface area contributed by atoms with Gasteiger partial charge in [0.2, 0.25) is 16.5 Å². The summed E-state index contributed by atoms with van der Waals surface area (Å²) in [7, 11) is 1.56. The largest absolute Gasteiger partial charge is 0.496 e. The smallest absolute Gasteiger partial charge is 0.262 e. The fraction of sp³-hybridized carbons (Fsp3) is 0.238. The second-order valence-corrected chi connectivity index (χ2v) is 7.36. The average Bonchev–Trinajstić information content (AvgIpc) is 3.15. The number of halogens is 1. The number of benzene rings is 2. The zero-order chi connectivity index (χ0) is 22.0. The monoisotopic (exact) mass is 441 g/mol. The molecule has 2 aromatic heterocycles. The molecule has 0 atom stereocenters. The van der Waals surface area contributed by atoms with Crippen LogP contribution in [0.3, 0.4) is 0 Å². The molecule has 0 spiro atoms. The van der Waals surface area contributed by atoms with Gasteiger partial charge in [-0.05, 0) is 42.9 Å². The van der Waals surface area contributed by atoms with Crippen molar-refractivity contribution < 1.29 is 13.9 Å². The lowest BCUT2D eigenvalue weighted by atomic mass is 10.1. The van der Waals surface area contributed by atoms with Gasteiger partial charge in [-0.15, -0.1) is 5.10 Å². The number of nitrogens with zero attached hydrogens (tertiary/aromatic N) is 3. The molecule has 0 saturated carbocycles. The van der Waals surface area contributed by atoms with Gasteiger partial charge in [-0.25, -0.2) is 9.49 Å². The number of methoxy groups -OCH3 is 1. The number of rotatable bonds is 7. The number of hydrogen-bond donors (Lipinski definition) is 2. The first-order chi connectivity index (χ1) is 15.0. The van der Waals surface area contributed by atoms with E-state index in [9.17, 15) is 14.0 Å². The van der Waals surface area contributed by atoms with Gasteiger partial charge in [-0.1, -0.05) is 18.2 Å². The summed E-state index contributed by atoms with van der Waals surface area (Å²) in [6, 6.07) is 11.3. The van der Waals surface area contributed by atoms with Gasteiger partial charge in [0, 0.05) is 18.7 Å². The van der Waals surface area contributed by atoms with Crippen molar-refractivity contribution in [2.75, 3.05) is 13.7 Å². The van der Waals surface area contributed by atoms with Gasteiger partial charge in [-0.2, -0.15) is 0 Å². The molecule has 0 fully saturated rings. The Bertz CT molecular complexity index is 1390. The highest BCUT2D eigenvalue weighted by Crippen LogP contribution is 2.18. The molecule has 2 N–H and O–H groups in total. The third-order valence-electron chi connectivity index (χ3n) is 5.00. The normalized spacial score (nSPS) is 11.2. The molecule has 1 amide bonds. The third kappa shape index (κ3) is 4.06. The SMILES string of the molecule is COc1ccccc1CC(=O)NCCCn1c(=O)c2cc(F)ccc2n2c(=S)[nH]nc12. The van der Waals surface area contributed by atoms with Crippen molar-refractivity contribution in [3.8, 4) is 5.75 Å². The number of amides is 1. The molecule has 0 aliphatic heterocycles. The molecule has 0 radical (unpaired) electrons. The third-order valence-corrected chi connectivity index (χ3v) is 5.27. The van der Waals surface area contributed by atoms with Crippen molar-refractivity contribution in [3.63, 3.8) is 0 Å². The second-order valence-electron chi connectivity index (χ2n) is 6.97. The van der Waals surface area contributed by atoms with E-state index in [1.54, 1.807) is 17.6 Å². The second kappa shape index (κ2) is 8.68. The van der Waals surface area contributed by atoms with Crippen LogP contribution in [0, 0.1) is 10.6 Å². The molecule has 0 aliphatic rings. The van der Waals surface area contributed by atoms with E-state index < -0.39 is 5.82 Å². The number of aromatic nitrogens is 4. The number of aryl methyl sites for hydroxylation is 1. The Morgan fingerprint density at radius 1 is 1.29 bits per heavy atom. The van der Waals surface area contributed by atoms with Crippen LogP contribution < -0.4 is 15.6 Å². The molecule has 160 valence electrons. The van der Waals surface area contributed by atoms with Crippen molar-refractivity contribution in [2.45, 2.75) is 19.4 Å². The van der Waals surface area contributed by atoms with E-state index in [4.69, 9.17) is 17.0 Å². The number of aromatic amines is 1. The molecule has 4 rings (SSSR count). The summed E-state index contributed by atoms with van der Waals surface area (Å²) >= 11 is 5.27. The van der Waals surface area contributed by atoms with Crippen LogP contribution in [0.1, 0.15) is 12.0 Å². The van der Waals surface area contributed by atoms with Crippen LogP contribution in [0.5, 0.6) is 5.75 Å². The Hall–Kier alpha value is -3.53. The fourth-order valence-electron chi connectivity index (χ4n) is 3.55. The standard InChI is InChI=1S/C21H20FN5O3S/c1-30-17-6-3-2-5-13(17)11-18(28)23-9-4-10-26-19(29)15-12-14(22)7-8-16(15)27-20(26)24-25-21(27)31/h2-3,5-8,12H,4,9-11H2,1H3,(H,23,28)(H,25,31). The topological polar surface area (TPSA) is 93.4 Å². The van der Waals surface area contributed by atoms with E-state index in [1.165, 1.54) is 22.8 Å². The predicted octanol–water partition coefficient (Wildman–Crippen LogP) is 2.60. The van der Waals surface area contributed by atoms with Gasteiger partial charge >= 0.3 is 0 Å². The van der Waals surface area contributed by atoms with Gasteiger partial charge < -0.3 is 10.1 Å². The van der Waals surface area contributed by atoms with Crippen molar-refractivity contribution >= 4 is 34.8 Å². The average molecular weight is 441 g/mol. The molecule has 0 saturated heterocycles. The molecule has 4 aromatic rings. The molecular weight excluding hydrogens is 421 g/mol. The minimum atomic E-state index is -0.505.